The van der Waals surface area contributed by atoms with Gasteiger partial charge in [-0.05, 0) is 79.1 Å². The van der Waals surface area contributed by atoms with Crippen LogP contribution < -0.4 is 20.9 Å². The van der Waals surface area contributed by atoms with Crippen molar-refractivity contribution in [2.24, 2.45) is 5.92 Å². The van der Waals surface area contributed by atoms with Crippen molar-refractivity contribution < 1.29 is 74.0 Å². The van der Waals surface area contributed by atoms with Gasteiger partial charge in [-0.1, -0.05) is 11.6 Å². The fraction of sp³-hybridized carbons (Fsp3) is 0.306. The van der Waals surface area contributed by atoms with Crippen LogP contribution in [-0.4, -0.2) is 90.7 Å². The summed E-state index contributed by atoms with van der Waals surface area (Å²) in [5.41, 5.74) is 5.02. The van der Waals surface area contributed by atoms with E-state index in [2.05, 4.69) is 46.9 Å². The highest BCUT2D eigenvalue weighted by Crippen LogP contribution is 2.31. The third-order valence-electron chi connectivity index (χ3n) is 8.14. The van der Waals surface area contributed by atoms with Gasteiger partial charge in [-0.25, -0.2) is 24.4 Å². The second-order valence-electron chi connectivity index (χ2n) is 12.7. The number of pyridine rings is 2. The molecule has 1 saturated heterocycles. The molecule has 2 aliphatic heterocycles. The van der Waals surface area contributed by atoms with Gasteiger partial charge >= 0.3 is 36.4 Å². The van der Waals surface area contributed by atoms with Crippen LogP contribution in [0.25, 0.3) is 0 Å². The maximum Gasteiger partial charge on any atom is 0.490 e. The number of aromatic nitrogens is 4. The van der Waals surface area contributed by atoms with Crippen LogP contribution in [0.15, 0.2) is 61.2 Å². The zero-order valence-corrected chi connectivity index (χ0v) is 32.0. The summed E-state index contributed by atoms with van der Waals surface area (Å²) in [6.07, 6.45) is -4.80. The summed E-state index contributed by atoms with van der Waals surface area (Å²) in [4.78, 5) is 59.6. The van der Waals surface area contributed by atoms with E-state index in [1.165, 1.54) is 0 Å². The number of alkyl halides is 9. The van der Waals surface area contributed by atoms with Gasteiger partial charge in [-0.3, -0.25) is 9.78 Å². The number of halogens is 10. The number of fused-ring (bicyclic) bond motifs is 6. The van der Waals surface area contributed by atoms with Crippen LogP contribution in [-0.2, 0) is 32.0 Å². The Morgan fingerprint density at radius 1 is 0.823 bits per heavy atom. The predicted octanol–water partition coefficient (Wildman–Crippen LogP) is 7.52. The lowest BCUT2D eigenvalue weighted by Crippen LogP contribution is -2.35. The Balaban J connectivity index is 0.000000403. The van der Waals surface area contributed by atoms with Gasteiger partial charge in [0.05, 0.1) is 23.6 Å². The standard InChI is InChI=1S/C30H28ClN9O.3C2HF3O2/c31-25-18-35-30-37-24-12-20(16-33-17-24)3-4-21-14-23(36-28(25)39-30)5-6-26(21)38-27(41)13-19-7-10-40(11-8-19)29-22(15-32)2-1-9-34-29;3*3-2(4,5)1(6)7/h1-2,5-6,9,12,14,16-19H,3-4,7-8,10-11,13H2,(H,38,41)(H2,35,36,37,39);3*(H,6,7). The molecule has 6 bridgehead atoms. The molecule has 5 heterocycles. The quantitative estimate of drug-likeness (QED) is 0.108. The molecule has 0 spiro atoms. The molecule has 1 fully saturated rings. The number of hydrogen-bond donors (Lipinski definition) is 6. The highest BCUT2D eigenvalue weighted by molar-refractivity contribution is 6.32. The molecule has 6 N–H and O–H groups in total. The Hall–Kier alpha value is -6.97. The topological polar surface area (TPSA) is 244 Å². The average Bonchev–Trinajstić information content (AvgIpc) is 3.19. The number of benzene rings is 1. The number of carbonyl (C=O) groups is 4. The minimum Gasteiger partial charge on any atom is -0.475 e. The maximum absolute atomic E-state index is 13.2. The summed E-state index contributed by atoms with van der Waals surface area (Å²) in [6.45, 7) is 1.54. The van der Waals surface area contributed by atoms with Crippen molar-refractivity contribution in [3.05, 3.63) is 82.9 Å². The summed E-state index contributed by atoms with van der Waals surface area (Å²) < 4.78 is 95.2. The van der Waals surface area contributed by atoms with Crippen molar-refractivity contribution in [1.29, 1.82) is 5.26 Å². The first-order valence-corrected chi connectivity index (χ1v) is 17.7. The van der Waals surface area contributed by atoms with Gasteiger partial charge in [-0.2, -0.15) is 49.8 Å². The first-order valence-electron chi connectivity index (χ1n) is 17.3. The lowest BCUT2D eigenvalue weighted by atomic mass is 9.93. The number of rotatable bonds is 4. The molecular formula is C36H31ClF9N9O7. The average molecular weight is 908 g/mol. The third-order valence-corrected chi connectivity index (χ3v) is 8.42. The van der Waals surface area contributed by atoms with Crippen LogP contribution in [0.1, 0.15) is 36.0 Å². The van der Waals surface area contributed by atoms with Crippen molar-refractivity contribution in [2.75, 3.05) is 33.9 Å². The van der Waals surface area contributed by atoms with Crippen LogP contribution in [0.4, 0.5) is 74.2 Å². The highest BCUT2D eigenvalue weighted by atomic mass is 35.5. The maximum atomic E-state index is 13.2. The second-order valence-corrected chi connectivity index (χ2v) is 13.1. The largest absolute Gasteiger partial charge is 0.490 e. The van der Waals surface area contributed by atoms with E-state index in [0.29, 0.717) is 35.2 Å². The molecule has 0 aliphatic carbocycles. The number of hydrogen-bond acceptors (Lipinski definition) is 12. The Kier molecular flexibility index (Phi) is 17.1. The summed E-state index contributed by atoms with van der Waals surface area (Å²) in [5, 5.41) is 40.8. The van der Waals surface area contributed by atoms with E-state index >= 15 is 0 Å². The molecule has 0 radical (unpaired) electrons. The molecule has 26 heteroatoms. The van der Waals surface area contributed by atoms with Crippen LogP contribution in [0.3, 0.4) is 0 Å². The molecule has 0 atom stereocenters. The molecule has 62 heavy (non-hydrogen) atoms. The van der Waals surface area contributed by atoms with E-state index < -0.39 is 36.4 Å². The molecular weight excluding hydrogens is 877 g/mol. The van der Waals surface area contributed by atoms with E-state index in [1.54, 1.807) is 30.7 Å². The summed E-state index contributed by atoms with van der Waals surface area (Å²) >= 11 is 6.38. The summed E-state index contributed by atoms with van der Waals surface area (Å²) in [6, 6.07) is 13.7. The van der Waals surface area contributed by atoms with Gasteiger partial charge in [0.1, 0.15) is 16.9 Å². The van der Waals surface area contributed by atoms with Crippen LogP contribution in [0, 0.1) is 17.2 Å². The molecule has 0 unspecified atom stereocenters. The molecule has 1 amide bonds. The van der Waals surface area contributed by atoms with E-state index in [9.17, 15) is 49.6 Å². The normalized spacial score (nSPS) is 13.6. The number of carboxylic acid groups (broad SMARTS) is 3. The van der Waals surface area contributed by atoms with Crippen molar-refractivity contribution in [1.82, 2.24) is 19.9 Å². The van der Waals surface area contributed by atoms with Crippen LogP contribution in [0.5, 0.6) is 0 Å². The van der Waals surface area contributed by atoms with Gasteiger partial charge in [0, 0.05) is 43.3 Å². The number of nitrogens with one attached hydrogen (secondary N) is 3. The number of amides is 1. The second kappa shape index (κ2) is 21.5. The van der Waals surface area contributed by atoms with Crippen LogP contribution in [0.2, 0.25) is 5.02 Å². The third kappa shape index (κ3) is 15.9. The van der Waals surface area contributed by atoms with E-state index in [4.69, 9.17) is 41.3 Å². The predicted molar refractivity (Wildman–Crippen MR) is 200 cm³/mol. The van der Waals surface area contributed by atoms with Gasteiger partial charge in [-0.15, -0.1) is 0 Å². The minimum absolute atomic E-state index is 0.00442. The Bertz CT molecular complexity index is 2210. The number of carbonyl (C=O) groups excluding carboxylic acids is 1. The van der Waals surface area contributed by atoms with Crippen molar-refractivity contribution in [3.8, 4) is 6.07 Å². The minimum atomic E-state index is -5.08. The fourth-order valence-corrected chi connectivity index (χ4v) is 5.44. The van der Waals surface area contributed by atoms with E-state index in [0.717, 1.165) is 66.4 Å². The van der Waals surface area contributed by atoms with Gasteiger partial charge in [0.2, 0.25) is 11.9 Å². The Morgan fingerprint density at radius 2 is 1.42 bits per heavy atom. The molecule has 2 aliphatic rings. The fourth-order valence-electron chi connectivity index (χ4n) is 5.30. The number of aliphatic carboxylic acids is 3. The number of carboxylic acids is 3. The number of nitriles is 1. The zero-order valence-electron chi connectivity index (χ0n) is 31.2. The molecule has 3 aromatic heterocycles. The molecule has 4 aromatic rings. The van der Waals surface area contributed by atoms with Gasteiger partial charge < -0.3 is 36.2 Å². The van der Waals surface area contributed by atoms with Crippen LogP contribution >= 0.6 is 11.6 Å². The molecule has 332 valence electrons. The van der Waals surface area contributed by atoms with Crippen molar-refractivity contribution in [2.45, 2.75) is 50.6 Å². The first-order chi connectivity index (χ1) is 28.9. The van der Waals surface area contributed by atoms with Gasteiger partial charge in [0.25, 0.3) is 0 Å². The van der Waals surface area contributed by atoms with Crippen molar-refractivity contribution in [3.63, 3.8) is 0 Å². The first kappa shape index (κ1) is 49.4. The number of anilines is 6. The van der Waals surface area contributed by atoms with Gasteiger partial charge in [0.15, 0.2) is 5.82 Å². The van der Waals surface area contributed by atoms with E-state index in [1.807, 2.05) is 30.5 Å². The van der Waals surface area contributed by atoms with Crippen molar-refractivity contribution >= 4 is 70.1 Å². The molecule has 6 rings (SSSR count). The van der Waals surface area contributed by atoms with E-state index in [-0.39, 0.29) is 11.8 Å². The molecule has 1 aromatic carbocycles. The SMILES string of the molecule is N#Cc1cccnc1N1CCC(CC(=O)Nc2ccc3cc2CCc2cncc(c2)Nc2ncc(Cl)c(n2)N3)CC1.O=C(O)C(F)(F)F.O=C(O)C(F)(F)F.O=C(O)C(F)(F)F. The number of aryl methyl sites for hydroxylation is 2. The molecule has 16 nitrogen and oxygen atoms in total. The lowest BCUT2D eigenvalue weighted by Gasteiger charge is -2.33. The Morgan fingerprint density at radius 3 is 1.98 bits per heavy atom. The highest BCUT2D eigenvalue weighted by Gasteiger charge is 2.39. The molecule has 0 saturated carbocycles. The zero-order chi connectivity index (χ0) is 46.4. The number of nitrogens with zero attached hydrogens (tertiary/aromatic N) is 6. The lowest BCUT2D eigenvalue weighted by molar-refractivity contribution is -0.193. The monoisotopic (exact) mass is 907 g/mol. The smallest absolute Gasteiger partial charge is 0.475 e. The Labute approximate surface area is 348 Å². The summed E-state index contributed by atoms with van der Waals surface area (Å²) in [7, 11) is 0. The number of piperidine rings is 1. The summed E-state index contributed by atoms with van der Waals surface area (Å²) in [5.74, 6) is -6.39.